The van der Waals surface area contributed by atoms with E-state index in [1.165, 1.54) is 0 Å². The fraction of sp³-hybridized carbons (Fsp3) is 0.308. The summed E-state index contributed by atoms with van der Waals surface area (Å²) >= 11 is 0. The van der Waals surface area contributed by atoms with Crippen LogP contribution in [0.5, 0.6) is 0 Å². The van der Waals surface area contributed by atoms with Gasteiger partial charge in [-0.2, -0.15) is 5.26 Å². The highest BCUT2D eigenvalue weighted by molar-refractivity contribution is 5.90. The molecule has 0 aliphatic heterocycles. The van der Waals surface area contributed by atoms with Gasteiger partial charge in [0, 0.05) is 11.2 Å². The van der Waals surface area contributed by atoms with Crippen LogP contribution in [0.3, 0.4) is 0 Å². The van der Waals surface area contributed by atoms with Gasteiger partial charge in [-0.05, 0) is 38.1 Å². The lowest BCUT2D eigenvalue weighted by molar-refractivity contribution is -0.138. The molecule has 19 heavy (non-hydrogen) atoms. The van der Waals surface area contributed by atoms with Gasteiger partial charge in [-0.3, -0.25) is 4.79 Å². The van der Waals surface area contributed by atoms with E-state index >= 15 is 0 Å². The second kappa shape index (κ2) is 5.87. The largest absolute Gasteiger partial charge is 0.481 e. The molecule has 0 spiro atoms. The molecule has 0 aliphatic carbocycles. The smallest absolute Gasteiger partial charge is 0.319 e. The van der Waals surface area contributed by atoms with E-state index in [-0.39, 0.29) is 6.42 Å². The Balaban J connectivity index is 2.60. The van der Waals surface area contributed by atoms with Crippen molar-refractivity contribution in [1.29, 1.82) is 5.26 Å². The first-order valence-electron chi connectivity index (χ1n) is 5.63. The van der Waals surface area contributed by atoms with Gasteiger partial charge >= 0.3 is 12.0 Å². The summed E-state index contributed by atoms with van der Waals surface area (Å²) in [6.45, 7) is 3.25. The first-order valence-corrected chi connectivity index (χ1v) is 5.63. The molecule has 2 amide bonds. The van der Waals surface area contributed by atoms with Crippen LogP contribution in [0.2, 0.25) is 0 Å². The van der Waals surface area contributed by atoms with Crippen molar-refractivity contribution < 1.29 is 14.7 Å². The van der Waals surface area contributed by atoms with Crippen molar-refractivity contribution in [2.45, 2.75) is 25.8 Å². The number of nitriles is 1. The Hall–Kier alpha value is -2.55. The number of amides is 2. The number of benzene rings is 1. The summed E-state index contributed by atoms with van der Waals surface area (Å²) in [6, 6.07) is 7.85. The Morgan fingerprint density at radius 3 is 2.37 bits per heavy atom. The van der Waals surface area contributed by atoms with Crippen molar-refractivity contribution >= 4 is 17.7 Å². The van der Waals surface area contributed by atoms with Crippen LogP contribution in [0.1, 0.15) is 25.8 Å². The van der Waals surface area contributed by atoms with Crippen LogP contribution in [-0.4, -0.2) is 22.6 Å². The van der Waals surface area contributed by atoms with Crippen molar-refractivity contribution in [1.82, 2.24) is 5.32 Å². The molecule has 0 radical (unpaired) electrons. The molecule has 0 bridgehead atoms. The predicted molar refractivity (Wildman–Crippen MR) is 69.6 cm³/mol. The Morgan fingerprint density at radius 2 is 1.89 bits per heavy atom. The molecule has 1 aromatic carbocycles. The molecule has 100 valence electrons. The van der Waals surface area contributed by atoms with Gasteiger partial charge < -0.3 is 15.7 Å². The second-order valence-corrected chi connectivity index (χ2v) is 4.72. The molecule has 0 aliphatic rings. The van der Waals surface area contributed by atoms with Crippen LogP contribution < -0.4 is 10.6 Å². The molecule has 0 aromatic heterocycles. The molecule has 3 N–H and O–H groups in total. The molecule has 0 saturated heterocycles. The zero-order chi connectivity index (χ0) is 14.5. The zero-order valence-electron chi connectivity index (χ0n) is 10.7. The zero-order valence-corrected chi connectivity index (χ0v) is 10.7. The second-order valence-electron chi connectivity index (χ2n) is 4.72. The summed E-state index contributed by atoms with van der Waals surface area (Å²) in [4.78, 5) is 22.3. The lowest BCUT2D eigenvalue weighted by atomic mass is 10.0. The fourth-order valence-corrected chi connectivity index (χ4v) is 1.52. The van der Waals surface area contributed by atoms with E-state index in [2.05, 4.69) is 10.6 Å². The van der Waals surface area contributed by atoms with Gasteiger partial charge in [0.25, 0.3) is 0 Å². The Kier molecular flexibility index (Phi) is 4.48. The summed E-state index contributed by atoms with van der Waals surface area (Å²) in [5.74, 6) is -0.983. The number of carbonyl (C=O) groups excluding carboxylic acids is 1. The van der Waals surface area contributed by atoms with E-state index in [0.717, 1.165) is 0 Å². The number of aliphatic carboxylic acids is 1. The van der Waals surface area contributed by atoms with E-state index in [1.807, 2.05) is 6.07 Å². The van der Waals surface area contributed by atoms with Crippen molar-refractivity contribution in [3.63, 3.8) is 0 Å². The standard InChI is InChI=1S/C13H15N3O3/c1-13(2,7-11(17)18)16-12(19)15-10-5-3-9(8-14)4-6-10/h3-6H,7H2,1-2H3,(H,17,18)(H2,15,16,19). The van der Waals surface area contributed by atoms with Gasteiger partial charge in [-0.1, -0.05) is 0 Å². The average molecular weight is 261 g/mol. The van der Waals surface area contributed by atoms with Crippen molar-refractivity contribution in [3.05, 3.63) is 29.8 Å². The maximum atomic E-state index is 11.7. The number of anilines is 1. The summed E-state index contributed by atoms with van der Waals surface area (Å²) < 4.78 is 0. The molecule has 0 heterocycles. The summed E-state index contributed by atoms with van der Waals surface area (Å²) in [5.41, 5.74) is 0.183. The minimum atomic E-state index is -0.983. The normalized spacial score (nSPS) is 10.4. The van der Waals surface area contributed by atoms with Crippen LogP contribution in [0.15, 0.2) is 24.3 Å². The highest BCUT2D eigenvalue weighted by Crippen LogP contribution is 2.11. The van der Waals surface area contributed by atoms with Crippen LogP contribution >= 0.6 is 0 Å². The summed E-state index contributed by atoms with van der Waals surface area (Å²) in [6.07, 6.45) is -0.173. The molecule has 0 saturated carbocycles. The van der Waals surface area contributed by atoms with Crippen molar-refractivity contribution in [2.75, 3.05) is 5.32 Å². The third-order valence-electron chi connectivity index (χ3n) is 2.32. The number of nitrogens with zero attached hydrogens (tertiary/aromatic N) is 1. The Labute approximate surface area is 111 Å². The van der Waals surface area contributed by atoms with E-state index in [9.17, 15) is 9.59 Å². The third-order valence-corrected chi connectivity index (χ3v) is 2.32. The molecule has 0 fully saturated rings. The molecular formula is C13H15N3O3. The summed E-state index contributed by atoms with van der Waals surface area (Å²) in [7, 11) is 0. The highest BCUT2D eigenvalue weighted by atomic mass is 16.4. The van der Waals surface area contributed by atoms with Crippen molar-refractivity contribution in [3.8, 4) is 6.07 Å². The number of carboxylic acids is 1. The first kappa shape index (κ1) is 14.5. The molecule has 1 aromatic rings. The van der Waals surface area contributed by atoms with Crippen LogP contribution in [0.4, 0.5) is 10.5 Å². The number of nitrogens with one attached hydrogen (secondary N) is 2. The number of urea groups is 1. The van der Waals surface area contributed by atoms with E-state index in [4.69, 9.17) is 10.4 Å². The van der Waals surface area contributed by atoms with Gasteiger partial charge in [0.1, 0.15) is 0 Å². The number of rotatable bonds is 4. The lowest BCUT2D eigenvalue weighted by Gasteiger charge is -2.24. The molecule has 0 unspecified atom stereocenters. The van der Waals surface area contributed by atoms with Gasteiger partial charge in [0.05, 0.1) is 18.1 Å². The lowest BCUT2D eigenvalue weighted by Crippen LogP contribution is -2.46. The minimum absolute atomic E-state index is 0.173. The number of hydrogen-bond donors (Lipinski definition) is 3. The maximum Gasteiger partial charge on any atom is 0.319 e. The van der Waals surface area contributed by atoms with Gasteiger partial charge in [-0.15, -0.1) is 0 Å². The van der Waals surface area contributed by atoms with E-state index in [0.29, 0.717) is 11.3 Å². The topological polar surface area (TPSA) is 102 Å². The predicted octanol–water partition coefficient (Wildman–Crippen LogP) is 1.93. The van der Waals surface area contributed by atoms with Gasteiger partial charge in [-0.25, -0.2) is 4.79 Å². The SMILES string of the molecule is CC(C)(CC(=O)O)NC(=O)Nc1ccc(C#N)cc1. The fourth-order valence-electron chi connectivity index (χ4n) is 1.52. The van der Waals surface area contributed by atoms with Crippen LogP contribution in [0, 0.1) is 11.3 Å². The highest BCUT2D eigenvalue weighted by Gasteiger charge is 2.23. The first-order chi connectivity index (χ1) is 8.82. The summed E-state index contributed by atoms with van der Waals surface area (Å²) in [5, 5.41) is 22.5. The van der Waals surface area contributed by atoms with Gasteiger partial charge in [0.15, 0.2) is 0 Å². The van der Waals surface area contributed by atoms with Crippen LogP contribution in [-0.2, 0) is 4.79 Å². The average Bonchev–Trinajstić information content (AvgIpc) is 2.27. The van der Waals surface area contributed by atoms with E-state index in [1.54, 1.807) is 38.1 Å². The molecule has 6 nitrogen and oxygen atoms in total. The molecule has 1 rings (SSSR count). The third kappa shape index (κ3) is 5.08. The monoisotopic (exact) mass is 261 g/mol. The molecule has 0 atom stereocenters. The molecule has 6 heteroatoms. The number of carboxylic acid groups (broad SMARTS) is 1. The van der Waals surface area contributed by atoms with Crippen molar-refractivity contribution in [2.24, 2.45) is 0 Å². The Bertz CT molecular complexity index is 515. The maximum absolute atomic E-state index is 11.7. The minimum Gasteiger partial charge on any atom is -0.481 e. The Morgan fingerprint density at radius 1 is 1.32 bits per heavy atom. The quantitative estimate of drug-likeness (QED) is 0.770. The number of carbonyl (C=O) groups is 2. The van der Waals surface area contributed by atoms with Gasteiger partial charge in [0.2, 0.25) is 0 Å². The van der Waals surface area contributed by atoms with Crippen LogP contribution in [0.25, 0.3) is 0 Å². The van der Waals surface area contributed by atoms with E-state index < -0.39 is 17.5 Å². The molecular weight excluding hydrogens is 246 g/mol. The number of hydrogen-bond acceptors (Lipinski definition) is 3.